The summed E-state index contributed by atoms with van der Waals surface area (Å²) in [5.74, 6) is 2.71. The van der Waals surface area contributed by atoms with Crippen molar-refractivity contribution >= 4 is 11.6 Å². The van der Waals surface area contributed by atoms with Crippen molar-refractivity contribution in [1.29, 1.82) is 0 Å². The number of nitrogens with zero attached hydrogens (tertiary/aromatic N) is 7. The lowest BCUT2D eigenvalue weighted by Crippen LogP contribution is -2.44. The molecule has 0 amide bonds. The van der Waals surface area contributed by atoms with Gasteiger partial charge in [-0.3, -0.25) is 4.98 Å². The largest absolute Gasteiger partial charge is 0.356 e. The zero-order valence-corrected chi connectivity index (χ0v) is 16.4. The predicted molar refractivity (Wildman–Crippen MR) is 110 cm³/mol. The summed E-state index contributed by atoms with van der Waals surface area (Å²) < 4.78 is 0. The molecule has 3 aromatic heterocycles. The molecule has 1 aliphatic heterocycles. The van der Waals surface area contributed by atoms with Crippen LogP contribution in [0, 0.1) is 0 Å². The number of hydrogen-bond acceptors (Lipinski definition) is 7. The fraction of sp³-hybridized carbons (Fsp3) is 0.381. The monoisotopic (exact) mass is 375 g/mol. The van der Waals surface area contributed by atoms with E-state index < -0.39 is 0 Å². The summed E-state index contributed by atoms with van der Waals surface area (Å²) in [6.07, 6.45) is 8.28. The summed E-state index contributed by atoms with van der Waals surface area (Å²) in [4.78, 5) is 18.3. The maximum atomic E-state index is 4.85. The van der Waals surface area contributed by atoms with Gasteiger partial charge in [-0.05, 0) is 43.5 Å². The zero-order valence-electron chi connectivity index (χ0n) is 16.4. The molecule has 0 spiro atoms. The van der Waals surface area contributed by atoms with Crippen molar-refractivity contribution in [3.05, 3.63) is 54.6 Å². The number of pyridine rings is 1. The Hall–Kier alpha value is -3.09. The first-order valence-corrected chi connectivity index (χ1v) is 9.78. The Balaban J connectivity index is 1.50. The third-order valence-corrected chi connectivity index (χ3v) is 5.32. The van der Waals surface area contributed by atoms with Gasteiger partial charge in [0.2, 0.25) is 0 Å². The molecule has 1 aliphatic rings. The second-order valence-electron chi connectivity index (χ2n) is 7.04. The first-order valence-electron chi connectivity index (χ1n) is 9.78. The van der Waals surface area contributed by atoms with Gasteiger partial charge in [-0.1, -0.05) is 6.92 Å². The van der Waals surface area contributed by atoms with Gasteiger partial charge in [-0.15, -0.1) is 5.10 Å². The van der Waals surface area contributed by atoms with E-state index in [0.29, 0.717) is 6.04 Å². The van der Waals surface area contributed by atoms with Crippen molar-refractivity contribution in [2.45, 2.75) is 32.2 Å². The summed E-state index contributed by atoms with van der Waals surface area (Å²) in [6.45, 7) is 4.06. The van der Waals surface area contributed by atoms with E-state index in [9.17, 15) is 0 Å². The van der Waals surface area contributed by atoms with E-state index in [0.717, 1.165) is 61.1 Å². The van der Waals surface area contributed by atoms with Crippen molar-refractivity contribution in [3.8, 4) is 11.4 Å². The van der Waals surface area contributed by atoms with Gasteiger partial charge < -0.3 is 9.80 Å². The Morgan fingerprint density at radius 2 is 1.86 bits per heavy atom. The lowest BCUT2D eigenvalue weighted by Gasteiger charge is -2.37. The molecule has 1 fully saturated rings. The van der Waals surface area contributed by atoms with Crippen molar-refractivity contribution < 1.29 is 0 Å². The quantitative estimate of drug-likeness (QED) is 0.679. The molecule has 0 N–H and O–H groups in total. The van der Waals surface area contributed by atoms with Gasteiger partial charge in [0.25, 0.3) is 0 Å². The van der Waals surface area contributed by atoms with Gasteiger partial charge in [-0.2, -0.15) is 5.10 Å². The smallest absolute Gasteiger partial charge is 0.161 e. The molecule has 4 rings (SSSR count). The highest BCUT2D eigenvalue weighted by Crippen LogP contribution is 2.25. The van der Waals surface area contributed by atoms with Crippen LogP contribution in [-0.2, 0) is 6.42 Å². The van der Waals surface area contributed by atoms with Crippen molar-refractivity contribution in [3.63, 3.8) is 0 Å². The maximum absolute atomic E-state index is 4.85. The van der Waals surface area contributed by atoms with Crippen molar-refractivity contribution in [1.82, 2.24) is 25.1 Å². The normalized spacial score (nSPS) is 14.9. The molecule has 7 nitrogen and oxygen atoms in total. The van der Waals surface area contributed by atoms with Crippen LogP contribution in [0.3, 0.4) is 0 Å². The third-order valence-electron chi connectivity index (χ3n) is 5.32. The highest BCUT2D eigenvalue weighted by Gasteiger charge is 2.24. The molecule has 0 aromatic carbocycles. The number of aromatic nitrogens is 5. The second kappa shape index (κ2) is 8.29. The maximum Gasteiger partial charge on any atom is 0.161 e. The van der Waals surface area contributed by atoms with Crippen LogP contribution in [-0.4, -0.2) is 51.3 Å². The first kappa shape index (κ1) is 18.3. The average Bonchev–Trinajstić information content (AvgIpc) is 2.79. The van der Waals surface area contributed by atoms with Crippen LogP contribution >= 0.6 is 0 Å². The molecule has 0 unspecified atom stereocenters. The van der Waals surface area contributed by atoms with Crippen LogP contribution in [0.2, 0.25) is 0 Å². The van der Waals surface area contributed by atoms with Crippen LogP contribution < -0.4 is 9.80 Å². The molecule has 0 saturated carbocycles. The first-order chi connectivity index (χ1) is 13.7. The van der Waals surface area contributed by atoms with Crippen LogP contribution in [0.25, 0.3) is 11.4 Å². The lowest BCUT2D eigenvalue weighted by atomic mass is 10.0. The Labute approximate surface area is 165 Å². The minimum absolute atomic E-state index is 0.458. The van der Waals surface area contributed by atoms with Gasteiger partial charge in [0.1, 0.15) is 5.82 Å². The van der Waals surface area contributed by atoms with E-state index in [1.165, 1.54) is 0 Å². The molecule has 0 radical (unpaired) electrons. The van der Waals surface area contributed by atoms with E-state index in [4.69, 9.17) is 9.97 Å². The van der Waals surface area contributed by atoms with E-state index in [2.05, 4.69) is 45.0 Å². The highest BCUT2D eigenvalue weighted by molar-refractivity contribution is 5.57. The highest BCUT2D eigenvalue weighted by atomic mass is 15.3. The molecule has 3 aromatic rings. The Morgan fingerprint density at radius 3 is 2.54 bits per heavy atom. The number of rotatable bonds is 5. The summed E-state index contributed by atoms with van der Waals surface area (Å²) in [7, 11) is 2.10. The van der Waals surface area contributed by atoms with Gasteiger partial charge in [0.15, 0.2) is 11.6 Å². The summed E-state index contributed by atoms with van der Waals surface area (Å²) in [5, 5.41) is 8.23. The molecule has 0 bridgehead atoms. The average molecular weight is 375 g/mol. The topological polar surface area (TPSA) is 70.9 Å². The minimum atomic E-state index is 0.458. The van der Waals surface area contributed by atoms with Gasteiger partial charge in [0.05, 0.1) is 0 Å². The third kappa shape index (κ3) is 3.93. The molecule has 0 atom stereocenters. The molecule has 1 saturated heterocycles. The van der Waals surface area contributed by atoms with Gasteiger partial charge in [-0.25, -0.2) is 9.97 Å². The summed E-state index contributed by atoms with van der Waals surface area (Å²) in [6, 6.07) is 10.4. The fourth-order valence-electron chi connectivity index (χ4n) is 3.61. The molecule has 0 aliphatic carbocycles. The molecule has 4 heterocycles. The Morgan fingerprint density at radius 1 is 1.07 bits per heavy atom. The molecule has 144 valence electrons. The number of anilines is 2. The number of aryl methyl sites for hydroxylation is 1. The van der Waals surface area contributed by atoms with Crippen LogP contribution in [0.1, 0.15) is 25.5 Å². The molecule has 7 heteroatoms. The number of hydrogen-bond donors (Lipinski definition) is 0. The summed E-state index contributed by atoms with van der Waals surface area (Å²) in [5.41, 5.74) is 2.07. The predicted octanol–water partition coefficient (Wildman–Crippen LogP) is 3.00. The minimum Gasteiger partial charge on any atom is -0.356 e. The van der Waals surface area contributed by atoms with Crippen molar-refractivity contribution in [2.24, 2.45) is 0 Å². The summed E-state index contributed by atoms with van der Waals surface area (Å²) >= 11 is 0. The molecular formula is C21H25N7. The van der Waals surface area contributed by atoms with Crippen LogP contribution in [0.5, 0.6) is 0 Å². The standard InChI is InChI=1S/C21H25N7/c1-3-17-15-20(25-21(24-17)16-6-11-22-12-7-16)28-13-8-18(9-14-28)27(2)19-5-4-10-23-26-19/h4-7,10-12,15,18H,3,8-9,13-14H2,1-2H3. The Bertz CT molecular complexity index is 893. The van der Waals surface area contributed by atoms with E-state index in [1.54, 1.807) is 18.6 Å². The van der Waals surface area contributed by atoms with Crippen LogP contribution in [0.15, 0.2) is 48.9 Å². The lowest BCUT2D eigenvalue weighted by molar-refractivity contribution is 0.477. The van der Waals surface area contributed by atoms with E-state index in [-0.39, 0.29) is 0 Å². The van der Waals surface area contributed by atoms with E-state index in [1.807, 2.05) is 24.3 Å². The number of piperidine rings is 1. The van der Waals surface area contributed by atoms with Gasteiger partial charge >= 0.3 is 0 Å². The van der Waals surface area contributed by atoms with Crippen molar-refractivity contribution in [2.75, 3.05) is 29.9 Å². The SMILES string of the molecule is CCc1cc(N2CCC(N(C)c3cccnn3)CC2)nc(-c2ccncc2)n1. The Kier molecular flexibility index (Phi) is 5.41. The fourth-order valence-corrected chi connectivity index (χ4v) is 3.61. The zero-order chi connectivity index (χ0) is 19.3. The van der Waals surface area contributed by atoms with E-state index >= 15 is 0 Å². The van der Waals surface area contributed by atoms with Gasteiger partial charge in [0, 0.05) is 62.1 Å². The van der Waals surface area contributed by atoms with Crippen LogP contribution in [0.4, 0.5) is 11.6 Å². The molecule has 28 heavy (non-hydrogen) atoms. The second-order valence-corrected chi connectivity index (χ2v) is 7.04. The molecular weight excluding hydrogens is 350 g/mol.